The molecule has 25 heavy (non-hydrogen) atoms. The highest BCUT2D eigenvalue weighted by atomic mass is 35.5. The second kappa shape index (κ2) is 11.9. The lowest BCUT2D eigenvalue weighted by Crippen LogP contribution is -2.53. The summed E-state index contributed by atoms with van der Waals surface area (Å²) in [6.07, 6.45) is 4.70. The fourth-order valence-corrected chi connectivity index (χ4v) is 3.58. The van der Waals surface area contributed by atoms with E-state index in [0.717, 1.165) is 25.9 Å². The molecule has 1 heterocycles. The maximum atomic E-state index is 12.2. The zero-order valence-corrected chi connectivity index (χ0v) is 17.0. The zero-order chi connectivity index (χ0) is 16.8. The van der Waals surface area contributed by atoms with Crippen LogP contribution < -0.4 is 11.1 Å². The molecule has 0 aromatic rings. The van der Waals surface area contributed by atoms with E-state index in [4.69, 9.17) is 5.73 Å². The first-order valence-corrected chi connectivity index (χ1v) is 9.00. The average Bonchev–Trinajstić information content (AvgIpc) is 2.54. The predicted molar refractivity (Wildman–Crippen MR) is 105 cm³/mol. The molecule has 0 radical (unpaired) electrons. The monoisotopic (exact) mass is 396 g/mol. The first-order chi connectivity index (χ1) is 11.0. The minimum atomic E-state index is -0.113. The molecule has 3 N–H and O–H groups in total. The zero-order valence-electron chi connectivity index (χ0n) is 15.4. The van der Waals surface area contributed by atoms with Gasteiger partial charge >= 0.3 is 0 Å². The van der Waals surface area contributed by atoms with Gasteiger partial charge < -0.3 is 16.0 Å². The molecule has 1 aliphatic heterocycles. The Hall–Kier alpha value is -0.560. The molecule has 8 heteroatoms. The van der Waals surface area contributed by atoms with Crippen molar-refractivity contribution in [2.24, 2.45) is 17.6 Å². The van der Waals surface area contributed by atoms with Crippen molar-refractivity contribution in [3.63, 3.8) is 0 Å². The summed E-state index contributed by atoms with van der Waals surface area (Å²) in [6, 6.07) is 0.347. The first kappa shape index (κ1) is 24.4. The van der Waals surface area contributed by atoms with Gasteiger partial charge in [-0.1, -0.05) is 26.7 Å². The van der Waals surface area contributed by atoms with Gasteiger partial charge in [0.05, 0.1) is 6.54 Å². The summed E-state index contributed by atoms with van der Waals surface area (Å²) in [7, 11) is 0. The van der Waals surface area contributed by atoms with Crippen LogP contribution >= 0.6 is 24.8 Å². The molecule has 2 amide bonds. The van der Waals surface area contributed by atoms with Gasteiger partial charge in [0.15, 0.2) is 0 Å². The fourth-order valence-electron chi connectivity index (χ4n) is 3.58. The number of amides is 2. The second-order valence-electron chi connectivity index (χ2n) is 7.27. The number of carbonyl (C=O) groups excluding carboxylic acids is 2. The number of nitrogens with one attached hydrogen (secondary N) is 1. The second-order valence-corrected chi connectivity index (χ2v) is 7.27. The minimum absolute atomic E-state index is 0. The van der Waals surface area contributed by atoms with Gasteiger partial charge in [-0.2, -0.15) is 0 Å². The highest BCUT2D eigenvalue weighted by Crippen LogP contribution is 2.23. The maximum Gasteiger partial charge on any atom is 0.234 e. The Bertz CT molecular complexity index is 417. The van der Waals surface area contributed by atoms with E-state index in [1.54, 1.807) is 0 Å². The van der Waals surface area contributed by atoms with Crippen LogP contribution in [0.4, 0.5) is 0 Å². The summed E-state index contributed by atoms with van der Waals surface area (Å²) in [6.45, 7) is 7.87. The SMILES string of the molecule is CC1CCCC(NC(=O)CN2CCN(C(=O)C(C)CN)CC2)C1.Cl.Cl. The molecule has 0 aromatic heterocycles. The Labute approximate surface area is 164 Å². The summed E-state index contributed by atoms with van der Waals surface area (Å²) >= 11 is 0. The van der Waals surface area contributed by atoms with Crippen molar-refractivity contribution in [1.29, 1.82) is 0 Å². The van der Waals surface area contributed by atoms with Crippen LogP contribution in [0.25, 0.3) is 0 Å². The quantitative estimate of drug-likeness (QED) is 0.732. The lowest BCUT2D eigenvalue weighted by atomic mass is 9.87. The Morgan fingerprint density at radius 2 is 1.80 bits per heavy atom. The highest BCUT2D eigenvalue weighted by Gasteiger charge is 2.26. The van der Waals surface area contributed by atoms with Crippen molar-refractivity contribution in [2.45, 2.75) is 45.6 Å². The van der Waals surface area contributed by atoms with Crippen LogP contribution in [-0.2, 0) is 9.59 Å². The van der Waals surface area contributed by atoms with Gasteiger partial charge in [-0.3, -0.25) is 14.5 Å². The summed E-state index contributed by atoms with van der Waals surface area (Å²) in [4.78, 5) is 28.3. The molecule has 3 unspecified atom stereocenters. The van der Waals surface area contributed by atoms with E-state index in [2.05, 4.69) is 17.1 Å². The predicted octanol–water partition coefficient (Wildman–Crippen LogP) is 1.26. The molecule has 148 valence electrons. The fraction of sp³-hybridized carbons (Fsp3) is 0.882. The third-order valence-corrected chi connectivity index (χ3v) is 5.13. The number of hydrogen-bond acceptors (Lipinski definition) is 4. The van der Waals surface area contributed by atoms with Crippen LogP contribution in [0.15, 0.2) is 0 Å². The molecule has 2 rings (SSSR count). The number of hydrogen-bond donors (Lipinski definition) is 2. The van der Waals surface area contributed by atoms with E-state index < -0.39 is 0 Å². The Morgan fingerprint density at radius 3 is 2.36 bits per heavy atom. The van der Waals surface area contributed by atoms with Gasteiger partial charge in [-0.15, -0.1) is 24.8 Å². The molecule has 1 saturated carbocycles. The smallest absolute Gasteiger partial charge is 0.234 e. The molecular weight excluding hydrogens is 363 g/mol. The van der Waals surface area contributed by atoms with Gasteiger partial charge in [0, 0.05) is 44.7 Å². The Balaban J connectivity index is 0.00000288. The molecular formula is C17H34Cl2N4O2. The molecule has 2 aliphatic rings. The Morgan fingerprint density at radius 1 is 1.16 bits per heavy atom. The number of rotatable bonds is 5. The topological polar surface area (TPSA) is 78.7 Å². The van der Waals surface area contributed by atoms with Crippen molar-refractivity contribution < 1.29 is 9.59 Å². The highest BCUT2D eigenvalue weighted by molar-refractivity contribution is 5.85. The van der Waals surface area contributed by atoms with Gasteiger partial charge in [0.25, 0.3) is 0 Å². The third-order valence-electron chi connectivity index (χ3n) is 5.13. The molecule has 1 saturated heterocycles. The number of carbonyl (C=O) groups is 2. The van der Waals surface area contributed by atoms with Gasteiger partial charge in [-0.05, 0) is 18.8 Å². The van der Waals surface area contributed by atoms with Crippen molar-refractivity contribution in [1.82, 2.24) is 15.1 Å². The van der Waals surface area contributed by atoms with Crippen LogP contribution in [0.3, 0.4) is 0 Å². The molecule has 0 bridgehead atoms. The van der Waals surface area contributed by atoms with Crippen molar-refractivity contribution in [3.05, 3.63) is 0 Å². The van der Waals surface area contributed by atoms with Crippen LogP contribution in [0.2, 0.25) is 0 Å². The molecule has 2 fully saturated rings. The molecule has 0 aromatic carbocycles. The summed E-state index contributed by atoms with van der Waals surface area (Å²) < 4.78 is 0. The van der Waals surface area contributed by atoms with E-state index >= 15 is 0 Å². The lowest BCUT2D eigenvalue weighted by molar-refractivity contribution is -0.136. The normalized spacial score (nSPS) is 25.3. The molecule has 1 aliphatic carbocycles. The standard InChI is InChI=1S/C17H32N4O2.2ClH/c1-13-4-3-5-15(10-13)19-16(22)12-20-6-8-21(9-7-20)17(23)14(2)11-18;;/h13-15H,3-12,18H2,1-2H3,(H,19,22);2*1H. The lowest BCUT2D eigenvalue weighted by Gasteiger charge is -2.36. The average molecular weight is 397 g/mol. The van der Waals surface area contributed by atoms with Crippen molar-refractivity contribution in [3.8, 4) is 0 Å². The minimum Gasteiger partial charge on any atom is -0.352 e. The van der Waals surface area contributed by atoms with Gasteiger partial charge in [0.2, 0.25) is 11.8 Å². The Kier molecular flexibility index (Phi) is 11.7. The summed E-state index contributed by atoms with van der Waals surface area (Å²) in [5.74, 6) is 0.860. The number of halogens is 2. The summed E-state index contributed by atoms with van der Waals surface area (Å²) in [5, 5.41) is 3.18. The van der Waals surface area contributed by atoms with E-state index in [0.29, 0.717) is 38.1 Å². The largest absolute Gasteiger partial charge is 0.352 e. The molecule has 0 spiro atoms. The third kappa shape index (κ3) is 7.69. The molecule has 6 nitrogen and oxygen atoms in total. The van der Waals surface area contributed by atoms with Crippen molar-refractivity contribution in [2.75, 3.05) is 39.3 Å². The first-order valence-electron chi connectivity index (χ1n) is 9.00. The van der Waals surface area contributed by atoms with Crippen LogP contribution in [-0.4, -0.2) is 66.9 Å². The van der Waals surface area contributed by atoms with E-state index in [1.165, 1.54) is 12.8 Å². The number of piperazine rings is 1. The summed E-state index contributed by atoms with van der Waals surface area (Å²) in [5.41, 5.74) is 5.56. The number of nitrogens with two attached hydrogens (primary N) is 1. The van der Waals surface area contributed by atoms with Crippen LogP contribution in [0, 0.1) is 11.8 Å². The van der Waals surface area contributed by atoms with E-state index in [9.17, 15) is 9.59 Å². The molecule has 3 atom stereocenters. The maximum absolute atomic E-state index is 12.2. The van der Waals surface area contributed by atoms with Crippen LogP contribution in [0.1, 0.15) is 39.5 Å². The van der Waals surface area contributed by atoms with Gasteiger partial charge in [-0.25, -0.2) is 0 Å². The van der Waals surface area contributed by atoms with Crippen LogP contribution in [0.5, 0.6) is 0 Å². The van der Waals surface area contributed by atoms with Crippen molar-refractivity contribution >= 4 is 36.6 Å². The van der Waals surface area contributed by atoms with Gasteiger partial charge in [0.1, 0.15) is 0 Å². The number of nitrogens with zero attached hydrogens (tertiary/aromatic N) is 2. The van der Waals surface area contributed by atoms with E-state index in [-0.39, 0.29) is 42.5 Å². The van der Waals surface area contributed by atoms with E-state index in [1.807, 2.05) is 11.8 Å².